The van der Waals surface area contributed by atoms with Crippen LogP contribution in [0.25, 0.3) is 0 Å². The summed E-state index contributed by atoms with van der Waals surface area (Å²) in [5.41, 5.74) is 1.04. The van der Waals surface area contributed by atoms with Gasteiger partial charge in [0, 0.05) is 12.1 Å². The molecule has 2 N–H and O–H groups in total. The average molecular weight is 355 g/mol. The fourth-order valence-electron chi connectivity index (χ4n) is 2.18. The highest BCUT2D eigenvalue weighted by Crippen LogP contribution is 2.17. The molecule has 142 valence electrons. The standard InChI is InChI=1S/C17H29N3O5/c1-16(2,3)24-14(22)12(19-15(23)25-17(4,5)6)8-7-11-9-10-18-20-13(11)21/h10-12H,7-9H2,1-6H3,(H,19,23)(H,20,21)/t11-,12+/m1/s1. The van der Waals surface area contributed by atoms with Gasteiger partial charge in [-0.2, -0.15) is 5.10 Å². The number of rotatable bonds is 5. The number of hydrazone groups is 1. The summed E-state index contributed by atoms with van der Waals surface area (Å²) in [6, 6.07) is -0.888. The molecule has 0 fully saturated rings. The Hall–Kier alpha value is -2.12. The number of alkyl carbamates (subject to hydrolysis) is 1. The van der Waals surface area contributed by atoms with Gasteiger partial charge in [0.15, 0.2) is 0 Å². The third-order valence-corrected chi connectivity index (χ3v) is 3.21. The molecule has 0 aromatic heterocycles. The van der Waals surface area contributed by atoms with Gasteiger partial charge in [0.05, 0.1) is 0 Å². The lowest BCUT2D eigenvalue weighted by atomic mass is 9.95. The fraction of sp³-hybridized carbons (Fsp3) is 0.765. The number of nitrogens with one attached hydrogen (secondary N) is 2. The smallest absolute Gasteiger partial charge is 0.408 e. The minimum atomic E-state index is -0.888. The molecule has 0 aromatic carbocycles. The van der Waals surface area contributed by atoms with Crippen molar-refractivity contribution in [1.82, 2.24) is 10.7 Å². The Balaban J connectivity index is 2.73. The summed E-state index contributed by atoms with van der Waals surface area (Å²) >= 11 is 0. The number of hydrogen-bond acceptors (Lipinski definition) is 6. The second-order valence-electron chi connectivity index (χ2n) is 8.03. The third-order valence-electron chi connectivity index (χ3n) is 3.21. The summed E-state index contributed by atoms with van der Waals surface area (Å²) < 4.78 is 10.6. The first kappa shape index (κ1) is 20.9. The Kier molecular flexibility index (Phi) is 6.96. The fourth-order valence-corrected chi connectivity index (χ4v) is 2.18. The largest absolute Gasteiger partial charge is 0.458 e. The van der Waals surface area contributed by atoms with Crippen molar-refractivity contribution < 1.29 is 23.9 Å². The Labute approximate surface area is 148 Å². The maximum Gasteiger partial charge on any atom is 0.408 e. The Morgan fingerprint density at radius 1 is 1.24 bits per heavy atom. The molecule has 0 radical (unpaired) electrons. The molecule has 0 aromatic rings. The van der Waals surface area contributed by atoms with Gasteiger partial charge in [-0.1, -0.05) is 0 Å². The summed E-state index contributed by atoms with van der Waals surface area (Å²) in [5.74, 6) is -1.03. The van der Waals surface area contributed by atoms with Crippen LogP contribution in [0.4, 0.5) is 4.79 Å². The first-order chi connectivity index (χ1) is 11.4. The number of amides is 2. The quantitative estimate of drug-likeness (QED) is 0.735. The van der Waals surface area contributed by atoms with Gasteiger partial charge < -0.3 is 14.8 Å². The highest BCUT2D eigenvalue weighted by molar-refractivity contribution is 5.85. The molecule has 2 atom stereocenters. The van der Waals surface area contributed by atoms with E-state index in [1.54, 1.807) is 47.8 Å². The van der Waals surface area contributed by atoms with Crippen LogP contribution in [-0.4, -0.2) is 41.4 Å². The lowest BCUT2D eigenvalue weighted by molar-refractivity contribution is -0.157. The molecule has 0 aliphatic carbocycles. The number of ether oxygens (including phenoxy) is 2. The SMILES string of the molecule is CC(C)(C)OC(=O)N[C@@H](CC[C@@H]1CC=NNC1=O)C(=O)OC(C)(C)C. The van der Waals surface area contributed by atoms with E-state index in [0.29, 0.717) is 12.8 Å². The van der Waals surface area contributed by atoms with Crippen molar-refractivity contribution in [2.75, 3.05) is 0 Å². The molecule has 2 amide bonds. The van der Waals surface area contributed by atoms with Crippen molar-refractivity contribution in [3.8, 4) is 0 Å². The van der Waals surface area contributed by atoms with Gasteiger partial charge >= 0.3 is 12.1 Å². The highest BCUT2D eigenvalue weighted by atomic mass is 16.6. The normalized spacial score (nSPS) is 19.0. The second-order valence-corrected chi connectivity index (χ2v) is 8.03. The molecule has 8 heteroatoms. The van der Waals surface area contributed by atoms with E-state index in [9.17, 15) is 14.4 Å². The maximum atomic E-state index is 12.4. The Bertz CT molecular complexity index is 531. The van der Waals surface area contributed by atoms with E-state index in [1.165, 1.54) is 0 Å². The first-order valence-corrected chi connectivity index (χ1v) is 8.41. The van der Waals surface area contributed by atoms with E-state index in [2.05, 4.69) is 15.8 Å². The van der Waals surface area contributed by atoms with Gasteiger partial charge in [-0.15, -0.1) is 0 Å². The predicted molar refractivity (Wildman–Crippen MR) is 93.0 cm³/mol. The van der Waals surface area contributed by atoms with Crippen LogP contribution < -0.4 is 10.7 Å². The van der Waals surface area contributed by atoms with E-state index >= 15 is 0 Å². The van der Waals surface area contributed by atoms with Crippen LogP contribution >= 0.6 is 0 Å². The molecular weight excluding hydrogens is 326 g/mol. The number of esters is 1. The van der Waals surface area contributed by atoms with Gasteiger partial charge in [0.1, 0.15) is 17.2 Å². The lowest BCUT2D eigenvalue weighted by Crippen LogP contribution is -2.46. The number of nitrogens with zero attached hydrogens (tertiary/aromatic N) is 1. The third kappa shape index (κ3) is 8.51. The molecule has 8 nitrogen and oxygen atoms in total. The zero-order valence-corrected chi connectivity index (χ0v) is 15.8. The van der Waals surface area contributed by atoms with Gasteiger partial charge in [0.2, 0.25) is 5.91 Å². The number of hydrogen-bond donors (Lipinski definition) is 2. The topological polar surface area (TPSA) is 106 Å². The summed E-state index contributed by atoms with van der Waals surface area (Å²) in [7, 11) is 0. The summed E-state index contributed by atoms with van der Waals surface area (Å²) in [5, 5.41) is 6.25. The molecule has 1 aliphatic heterocycles. The average Bonchev–Trinajstić information content (AvgIpc) is 2.41. The molecular formula is C17H29N3O5. The minimum Gasteiger partial charge on any atom is -0.458 e. The van der Waals surface area contributed by atoms with Gasteiger partial charge in [-0.05, 0) is 60.8 Å². The van der Waals surface area contributed by atoms with Crippen LogP contribution in [-0.2, 0) is 19.1 Å². The molecule has 0 unspecified atom stereocenters. The van der Waals surface area contributed by atoms with Crippen LogP contribution in [0.15, 0.2) is 5.10 Å². The zero-order chi connectivity index (χ0) is 19.3. The molecule has 0 saturated heterocycles. The first-order valence-electron chi connectivity index (χ1n) is 8.41. The molecule has 25 heavy (non-hydrogen) atoms. The van der Waals surface area contributed by atoms with E-state index in [1.807, 2.05) is 0 Å². The van der Waals surface area contributed by atoms with E-state index in [0.717, 1.165) is 0 Å². The van der Waals surface area contributed by atoms with E-state index in [4.69, 9.17) is 9.47 Å². The van der Waals surface area contributed by atoms with Gasteiger partial charge in [-0.3, -0.25) is 4.79 Å². The summed E-state index contributed by atoms with van der Waals surface area (Å²) in [6.07, 6.45) is 2.10. The van der Waals surface area contributed by atoms with Crippen molar-refractivity contribution in [2.45, 2.75) is 78.0 Å². The monoisotopic (exact) mass is 355 g/mol. The number of carbonyl (C=O) groups excluding carboxylic acids is 3. The van der Waals surface area contributed by atoms with Crippen molar-refractivity contribution >= 4 is 24.2 Å². The Morgan fingerprint density at radius 3 is 2.36 bits per heavy atom. The molecule has 0 saturated carbocycles. The zero-order valence-electron chi connectivity index (χ0n) is 15.8. The summed E-state index contributed by atoms with van der Waals surface area (Å²) in [6.45, 7) is 10.5. The maximum absolute atomic E-state index is 12.4. The van der Waals surface area contributed by atoms with Crippen LogP contribution in [0.5, 0.6) is 0 Å². The van der Waals surface area contributed by atoms with Crippen LogP contribution in [0.3, 0.4) is 0 Å². The van der Waals surface area contributed by atoms with Crippen molar-refractivity contribution in [2.24, 2.45) is 11.0 Å². The molecule has 1 rings (SSSR count). The van der Waals surface area contributed by atoms with Crippen molar-refractivity contribution in [3.63, 3.8) is 0 Å². The molecule has 1 heterocycles. The molecule has 0 bridgehead atoms. The minimum absolute atomic E-state index is 0.192. The molecule has 0 spiro atoms. The summed E-state index contributed by atoms with van der Waals surface area (Å²) in [4.78, 5) is 36.2. The van der Waals surface area contributed by atoms with Crippen molar-refractivity contribution in [3.05, 3.63) is 0 Å². The van der Waals surface area contributed by atoms with Crippen LogP contribution in [0, 0.1) is 5.92 Å². The van der Waals surface area contributed by atoms with Gasteiger partial charge in [0.25, 0.3) is 0 Å². The number of carbonyl (C=O) groups is 3. The van der Waals surface area contributed by atoms with E-state index in [-0.39, 0.29) is 18.2 Å². The van der Waals surface area contributed by atoms with Crippen LogP contribution in [0.1, 0.15) is 60.8 Å². The van der Waals surface area contributed by atoms with Crippen LogP contribution in [0.2, 0.25) is 0 Å². The van der Waals surface area contributed by atoms with E-state index < -0.39 is 29.3 Å². The predicted octanol–water partition coefficient (Wildman–Crippen LogP) is 2.12. The second kappa shape index (κ2) is 8.31. The van der Waals surface area contributed by atoms with Crippen molar-refractivity contribution in [1.29, 1.82) is 0 Å². The van der Waals surface area contributed by atoms with Gasteiger partial charge in [-0.25, -0.2) is 15.0 Å². The Morgan fingerprint density at radius 2 is 1.84 bits per heavy atom. The molecule has 1 aliphatic rings. The lowest BCUT2D eigenvalue weighted by Gasteiger charge is -2.27. The highest BCUT2D eigenvalue weighted by Gasteiger charge is 2.30.